The van der Waals surface area contributed by atoms with Gasteiger partial charge < -0.3 is 11.3 Å². The monoisotopic (exact) mass is 1160 g/mol. The summed E-state index contributed by atoms with van der Waals surface area (Å²) in [5.74, 6) is 0. The van der Waals surface area contributed by atoms with E-state index in [4.69, 9.17) is 9.84 Å². The van der Waals surface area contributed by atoms with Gasteiger partial charge >= 0.3 is 29.6 Å². The molecule has 1 atom stereocenters. The summed E-state index contributed by atoms with van der Waals surface area (Å²) in [5.41, 5.74) is 0.819. The smallest absolute Gasteiger partial charge is 1.00 e. The predicted octanol–water partition coefficient (Wildman–Crippen LogP) is 2.33. The molecule has 2 aliphatic carbocycles. The van der Waals surface area contributed by atoms with Gasteiger partial charge in [0.1, 0.15) is 5.60 Å². The van der Waals surface area contributed by atoms with E-state index < -0.39 is 20.6 Å². The first kappa shape index (κ1) is 47.8. The number of ether oxygens (including phenoxy) is 1. The van der Waals surface area contributed by atoms with Crippen molar-refractivity contribution in [3.63, 3.8) is 0 Å². The van der Waals surface area contributed by atoms with E-state index in [2.05, 4.69) is 60.1 Å². The molecule has 0 saturated heterocycles. The van der Waals surface area contributed by atoms with Crippen molar-refractivity contribution < 1.29 is 53.5 Å². The molecular weight excluding hydrogens is 1120 g/mol. The maximum atomic E-state index is 12.2. The third kappa shape index (κ3) is 11.5. The van der Waals surface area contributed by atoms with Crippen LogP contribution in [-0.2, 0) is 41.8 Å². The van der Waals surface area contributed by atoms with Crippen LogP contribution in [-0.4, -0.2) is 70.1 Å². The number of benzene rings is 3. The van der Waals surface area contributed by atoms with Crippen LogP contribution in [0, 0.1) is 10.7 Å². The van der Waals surface area contributed by atoms with Crippen molar-refractivity contribution in [3.8, 4) is 6.01 Å². The maximum Gasteiger partial charge on any atom is 1.00 e. The first-order valence-electron chi connectivity index (χ1n) is 17.0. The molecule has 57 heavy (non-hydrogen) atoms. The van der Waals surface area contributed by atoms with Gasteiger partial charge in [-0.3, -0.25) is 32.3 Å². The van der Waals surface area contributed by atoms with Crippen LogP contribution in [0.3, 0.4) is 0 Å². The van der Waals surface area contributed by atoms with E-state index in [1.165, 1.54) is 22.4 Å². The summed E-state index contributed by atoms with van der Waals surface area (Å²) in [5, 5.41) is 10.3. The first-order chi connectivity index (χ1) is 26.0. The molecule has 14 nitrogen and oxygen atoms in total. The van der Waals surface area contributed by atoms with Gasteiger partial charge in [0.2, 0.25) is 20.2 Å². The third-order valence-electron chi connectivity index (χ3n) is 8.90. The van der Waals surface area contributed by atoms with Crippen LogP contribution in [0.25, 0.3) is 32.7 Å². The molecule has 3 heterocycles. The molecular formula is C37H40I3N6NaO8S2. The molecule has 3 aromatic carbocycles. The minimum atomic E-state index is -3.52. The average molecular weight is 1160 g/mol. The average Bonchev–Trinajstić information content (AvgIpc) is 4.05. The Balaban J connectivity index is 0.000000216. The summed E-state index contributed by atoms with van der Waals surface area (Å²) in [7, 11) is -0.0818. The number of fused-ring (bicyclic) bond motifs is 3. The Bertz CT molecular complexity index is 2850. The summed E-state index contributed by atoms with van der Waals surface area (Å²) >= 11 is 6.33. The Morgan fingerprint density at radius 3 is 1.49 bits per heavy atom. The second-order valence-electron chi connectivity index (χ2n) is 14.0. The van der Waals surface area contributed by atoms with E-state index in [1.54, 1.807) is 44.4 Å². The van der Waals surface area contributed by atoms with Crippen LogP contribution in [0.4, 0.5) is 0 Å². The molecule has 3 aromatic heterocycles. The molecule has 0 amide bonds. The molecule has 300 valence electrons. The fraction of sp³-hybridized carbons (Fsp3) is 0.351. The molecule has 1 unspecified atom stereocenters. The molecule has 2 fully saturated rings. The van der Waals surface area contributed by atoms with Crippen molar-refractivity contribution >= 4 is 121 Å². The van der Waals surface area contributed by atoms with E-state index in [0.717, 1.165) is 52.7 Å². The van der Waals surface area contributed by atoms with Crippen molar-refractivity contribution in [3.05, 3.63) is 96.4 Å². The summed E-state index contributed by atoms with van der Waals surface area (Å²) in [4.78, 5) is 49.1. The second kappa shape index (κ2) is 18.8. The van der Waals surface area contributed by atoms with E-state index in [1.807, 2.05) is 60.7 Å². The molecule has 20 heteroatoms. The Morgan fingerprint density at radius 1 is 0.719 bits per heavy atom. The summed E-state index contributed by atoms with van der Waals surface area (Å²) in [6.45, 7) is 3.90. The zero-order chi connectivity index (χ0) is 41.5. The first-order valence-corrected chi connectivity index (χ1v) is 23.6. The number of sulfone groups is 1. The number of halogens is 3. The van der Waals surface area contributed by atoms with E-state index >= 15 is 0 Å². The van der Waals surface area contributed by atoms with Gasteiger partial charge in [0.15, 0.2) is 0 Å². The summed E-state index contributed by atoms with van der Waals surface area (Å²) in [6.07, 6.45) is 6.61. The van der Waals surface area contributed by atoms with Crippen LogP contribution in [0.1, 0.15) is 41.0 Å². The Labute approximate surface area is 395 Å². The molecule has 2 aliphatic rings. The maximum absolute atomic E-state index is 12.2. The van der Waals surface area contributed by atoms with E-state index in [9.17, 15) is 27.0 Å². The molecule has 6 aromatic rings. The van der Waals surface area contributed by atoms with Crippen molar-refractivity contribution in [2.75, 3.05) is 12.5 Å². The van der Waals surface area contributed by atoms with Gasteiger partial charge in [0.05, 0.1) is 49.1 Å². The molecule has 1 N–H and O–H groups in total. The quantitative estimate of drug-likeness (QED) is 0.155. The zero-order valence-electron chi connectivity index (χ0n) is 33.5. The van der Waals surface area contributed by atoms with Crippen LogP contribution in [0.15, 0.2) is 79.3 Å². The number of para-hydroxylation sites is 3. The van der Waals surface area contributed by atoms with Crippen molar-refractivity contribution in [2.24, 2.45) is 21.1 Å². The Kier molecular flexibility index (Phi) is 15.8. The minimum Gasteiger partial charge on any atom is -1.00 e. The van der Waals surface area contributed by atoms with E-state index in [0.29, 0.717) is 38.4 Å². The van der Waals surface area contributed by atoms with Crippen molar-refractivity contribution in [1.29, 1.82) is 0 Å². The topological polar surface area (TPSA) is 185 Å². The van der Waals surface area contributed by atoms with Crippen LogP contribution < -0.4 is 51.0 Å². The Morgan fingerprint density at radius 2 is 1.11 bits per heavy atom. The van der Waals surface area contributed by atoms with Gasteiger partial charge in [-0.05, 0) is 144 Å². The minimum absolute atomic E-state index is 0. The zero-order valence-corrected chi connectivity index (χ0v) is 42.6. The number of hydrogen-bond donors (Lipinski definition) is 1. The van der Waals surface area contributed by atoms with E-state index in [-0.39, 0.29) is 64.0 Å². The van der Waals surface area contributed by atoms with Gasteiger partial charge in [-0.1, -0.05) is 18.2 Å². The molecule has 2 saturated carbocycles. The number of aromatic nitrogens is 6. The summed E-state index contributed by atoms with van der Waals surface area (Å²) in [6, 6.07) is 16.6. The number of hydrogen-bond acceptors (Lipinski definition) is 11. The van der Waals surface area contributed by atoms with Crippen LogP contribution in [0.5, 0.6) is 6.01 Å². The predicted molar refractivity (Wildman–Crippen MR) is 244 cm³/mol. The SMILES string of the molecule is CC1(O)CC1.Cn1c(OC2(C)CC2)nc2c(I)cccc2c1=O.Cn1c(S(C)(=O)=O)nc2c(I)cccc2c1=O.Cn1c(S(C)=O)nc2c(I)cccc2c1=O.[H-].[Na+]. The van der Waals surface area contributed by atoms with Gasteiger partial charge in [-0.25, -0.2) is 18.4 Å². The molecule has 8 rings (SSSR count). The van der Waals surface area contributed by atoms with Gasteiger partial charge in [0, 0.05) is 44.4 Å². The number of nitrogens with zero attached hydrogens (tertiary/aromatic N) is 6. The normalized spacial score (nSPS) is 15.1. The standard InChI is InChI=1S/C13H13IN2O2.C10H9IN2O3S.C10H9IN2O2S.C4H8O.Na.H/c1-13(6-7-13)18-12-15-10-8(11(17)16(12)2)4-3-5-9(10)14;1-13-9(14)6-4-3-5-7(11)8(6)12-10(13)17(2,15)16;1-13-9(14)6-4-3-5-7(11)8(6)12-10(13)16(2)15;1-4(5)2-3-4;;/h3-5H,6-7H2,1-2H3;3-5H,1-2H3;3-5H,1-2H3;5H,2-3H2,1H3;;/q;;;;+1;-1. The largest absolute Gasteiger partial charge is 1.00 e. The van der Waals surface area contributed by atoms with Crippen LogP contribution in [0.2, 0.25) is 0 Å². The number of rotatable bonds is 4. The third-order valence-corrected chi connectivity index (χ3v) is 13.4. The van der Waals surface area contributed by atoms with Gasteiger partial charge in [0.25, 0.3) is 22.7 Å². The molecule has 0 aliphatic heterocycles. The molecule has 0 spiro atoms. The molecule has 0 radical (unpaired) electrons. The van der Waals surface area contributed by atoms with Crippen LogP contribution >= 0.6 is 67.8 Å². The van der Waals surface area contributed by atoms with Crippen molar-refractivity contribution in [1.82, 2.24) is 28.7 Å². The summed E-state index contributed by atoms with van der Waals surface area (Å²) < 4.78 is 46.9. The molecule has 0 bridgehead atoms. The second-order valence-corrected chi connectivity index (χ2v) is 20.6. The Hall–Kier alpha value is -1.87. The van der Waals surface area contributed by atoms with Gasteiger partial charge in [-0.15, -0.1) is 0 Å². The fourth-order valence-electron chi connectivity index (χ4n) is 5.08. The van der Waals surface area contributed by atoms with Crippen molar-refractivity contribution in [2.45, 2.75) is 61.0 Å². The van der Waals surface area contributed by atoms with Gasteiger partial charge in [-0.2, -0.15) is 4.98 Å². The number of aliphatic hydroxyl groups is 1. The fourth-order valence-corrected chi connectivity index (χ4v) is 8.46.